The molecular weight excluding hydrogens is 211 g/mol. The number of rotatable bonds is 1. The van der Waals surface area contributed by atoms with Gasteiger partial charge in [0.2, 0.25) is 0 Å². The zero-order valence-corrected chi connectivity index (χ0v) is 7.85. The van der Waals surface area contributed by atoms with Crippen LogP contribution < -0.4 is 0 Å². The second-order valence-electron chi connectivity index (χ2n) is 2.25. The molecule has 2 heterocycles. The second kappa shape index (κ2) is 5.12. The molecule has 0 saturated heterocycles. The van der Waals surface area contributed by atoms with Crippen molar-refractivity contribution >= 4 is 53.5 Å². The van der Waals surface area contributed by atoms with Crippen LogP contribution in [0.15, 0.2) is 34.2 Å². The van der Waals surface area contributed by atoms with E-state index in [2.05, 4.69) is 22.6 Å². The first kappa shape index (κ1) is 11.2. The van der Waals surface area contributed by atoms with Crippen LogP contribution in [0.5, 0.6) is 0 Å². The molecule has 0 atom stereocenters. The number of hydrogen-bond acceptors (Lipinski definition) is 4. The van der Waals surface area contributed by atoms with Crippen molar-refractivity contribution in [3.63, 3.8) is 0 Å². The van der Waals surface area contributed by atoms with E-state index >= 15 is 0 Å². The maximum atomic E-state index is 4.24. The van der Waals surface area contributed by atoms with Gasteiger partial charge in [-0.15, -0.1) is 24.0 Å². The molecule has 0 aliphatic rings. The molecule has 5 heteroatoms. The Balaban J connectivity index is 0.000000845. The molecule has 0 bridgehead atoms. The van der Waals surface area contributed by atoms with Gasteiger partial charge < -0.3 is 0 Å². The van der Waals surface area contributed by atoms with Crippen LogP contribution in [0, 0.1) is 0 Å². The first-order chi connectivity index (χ1) is 5.86. The zero-order chi connectivity index (χ0) is 8.39. The van der Waals surface area contributed by atoms with Crippen molar-refractivity contribution in [3.8, 4) is 11.3 Å². The Labute approximate surface area is 108 Å². The average Bonchev–Trinajstić information content (AvgIpc) is 2.54. The third-order valence-corrected chi connectivity index (χ3v) is 2.53. The van der Waals surface area contributed by atoms with Crippen molar-refractivity contribution in [3.05, 3.63) is 29.9 Å². The third kappa shape index (κ3) is 2.79. The minimum absolute atomic E-state index is 0. The topological polar surface area (TPSA) is 25.8 Å². The standard InChI is InChI=1S/C8H6N2S2.Na.H/c11-8-10-7(5-12-8)6-1-3-9-4-2-6;;/h1-5H,(H,10,11);;. The summed E-state index contributed by atoms with van der Waals surface area (Å²) in [5, 5.41) is 1.98. The molecule has 2 nitrogen and oxygen atoms in total. The van der Waals surface area contributed by atoms with Crippen molar-refractivity contribution in [2.24, 2.45) is 0 Å². The number of nitrogens with zero attached hydrogens (tertiary/aromatic N) is 2. The fourth-order valence-electron chi connectivity index (χ4n) is 0.920. The molecule has 0 aliphatic heterocycles. The van der Waals surface area contributed by atoms with Gasteiger partial charge in [-0.05, 0) is 12.1 Å². The minimum atomic E-state index is 0. The fourth-order valence-corrected chi connectivity index (χ4v) is 1.74. The average molecular weight is 218 g/mol. The van der Waals surface area contributed by atoms with Crippen molar-refractivity contribution in [1.82, 2.24) is 9.97 Å². The molecule has 62 valence electrons. The van der Waals surface area contributed by atoms with Crippen LogP contribution >= 0.6 is 24.0 Å². The number of thiazole rings is 1. The Hall–Kier alpha value is 0.130. The van der Waals surface area contributed by atoms with Gasteiger partial charge in [0.25, 0.3) is 0 Å². The summed E-state index contributed by atoms with van der Waals surface area (Å²) in [5.74, 6) is 0. The molecule has 0 spiro atoms. The molecule has 0 fully saturated rings. The van der Waals surface area contributed by atoms with Crippen LogP contribution in [0.1, 0.15) is 0 Å². The number of hydrogen-bond donors (Lipinski definition) is 1. The Morgan fingerprint density at radius 3 is 2.46 bits per heavy atom. The molecule has 0 unspecified atom stereocenters. The third-order valence-electron chi connectivity index (χ3n) is 1.47. The number of aromatic nitrogens is 2. The summed E-state index contributed by atoms with van der Waals surface area (Å²) >= 11 is 5.68. The summed E-state index contributed by atoms with van der Waals surface area (Å²) in [7, 11) is 0. The first-order valence-electron chi connectivity index (χ1n) is 3.41. The van der Waals surface area contributed by atoms with Crippen LogP contribution in [-0.2, 0) is 0 Å². The van der Waals surface area contributed by atoms with Gasteiger partial charge in [0.1, 0.15) is 4.34 Å². The molecule has 0 aliphatic carbocycles. The van der Waals surface area contributed by atoms with E-state index in [1.54, 1.807) is 12.4 Å². The zero-order valence-electron chi connectivity index (χ0n) is 6.14. The van der Waals surface area contributed by atoms with Crippen molar-refractivity contribution < 1.29 is 0 Å². The summed E-state index contributed by atoms with van der Waals surface area (Å²) < 4.78 is 0.793. The summed E-state index contributed by atoms with van der Waals surface area (Å²) in [6.45, 7) is 0. The van der Waals surface area contributed by atoms with Crippen molar-refractivity contribution in [2.45, 2.75) is 4.34 Å². The van der Waals surface area contributed by atoms with Gasteiger partial charge in [-0.25, -0.2) is 4.98 Å². The predicted molar refractivity (Wildman–Crippen MR) is 59.7 cm³/mol. The molecule has 2 aromatic heterocycles. The van der Waals surface area contributed by atoms with E-state index in [9.17, 15) is 0 Å². The SMILES string of the molecule is Sc1nc(-c2ccncc2)cs1.[NaH]. The van der Waals surface area contributed by atoms with E-state index in [4.69, 9.17) is 0 Å². The summed E-state index contributed by atoms with van der Waals surface area (Å²) in [4.78, 5) is 8.17. The molecular formula is C8H7N2NaS2. The molecule has 0 aromatic carbocycles. The first-order valence-corrected chi connectivity index (χ1v) is 4.74. The Morgan fingerprint density at radius 2 is 1.92 bits per heavy atom. The molecule has 13 heavy (non-hydrogen) atoms. The molecule has 0 N–H and O–H groups in total. The normalized spacial score (nSPS) is 9.31. The number of thiol groups is 1. The summed E-state index contributed by atoms with van der Waals surface area (Å²) in [6, 6.07) is 3.87. The number of pyridine rings is 1. The molecule has 0 amide bonds. The van der Waals surface area contributed by atoms with Crippen molar-refractivity contribution in [1.29, 1.82) is 0 Å². The Bertz CT molecular complexity index is 375. The molecule has 0 saturated carbocycles. The van der Waals surface area contributed by atoms with Crippen LogP contribution in [0.25, 0.3) is 11.3 Å². The van der Waals surface area contributed by atoms with E-state index in [1.807, 2.05) is 17.5 Å². The van der Waals surface area contributed by atoms with Crippen LogP contribution in [-0.4, -0.2) is 39.5 Å². The van der Waals surface area contributed by atoms with E-state index < -0.39 is 0 Å². The Morgan fingerprint density at radius 1 is 1.23 bits per heavy atom. The monoisotopic (exact) mass is 218 g/mol. The van der Waals surface area contributed by atoms with E-state index in [-0.39, 0.29) is 29.6 Å². The molecule has 2 aromatic rings. The maximum absolute atomic E-state index is 4.24. The van der Waals surface area contributed by atoms with Gasteiger partial charge in [0.15, 0.2) is 0 Å². The summed E-state index contributed by atoms with van der Waals surface area (Å²) in [5.41, 5.74) is 2.05. The summed E-state index contributed by atoms with van der Waals surface area (Å²) in [6.07, 6.45) is 3.51. The predicted octanol–water partition coefficient (Wildman–Crippen LogP) is 1.85. The van der Waals surface area contributed by atoms with Gasteiger partial charge in [-0.3, -0.25) is 4.98 Å². The molecule has 2 rings (SSSR count). The quantitative estimate of drug-likeness (QED) is 0.584. The van der Waals surface area contributed by atoms with Gasteiger partial charge in [-0.1, -0.05) is 0 Å². The van der Waals surface area contributed by atoms with Gasteiger partial charge in [0.05, 0.1) is 5.69 Å². The molecule has 0 radical (unpaired) electrons. The van der Waals surface area contributed by atoms with E-state index in [0.29, 0.717) is 0 Å². The fraction of sp³-hybridized carbons (Fsp3) is 0. The second-order valence-corrected chi connectivity index (χ2v) is 3.84. The van der Waals surface area contributed by atoms with Gasteiger partial charge >= 0.3 is 29.6 Å². The Kier molecular flexibility index (Phi) is 4.41. The van der Waals surface area contributed by atoms with Crippen molar-refractivity contribution in [2.75, 3.05) is 0 Å². The van der Waals surface area contributed by atoms with E-state index in [1.165, 1.54) is 11.3 Å². The van der Waals surface area contributed by atoms with E-state index in [0.717, 1.165) is 15.6 Å². The van der Waals surface area contributed by atoms with Crippen LogP contribution in [0.4, 0.5) is 0 Å². The van der Waals surface area contributed by atoms with Crippen LogP contribution in [0.3, 0.4) is 0 Å². The van der Waals surface area contributed by atoms with Gasteiger partial charge in [0, 0.05) is 23.3 Å². The van der Waals surface area contributed by atoms with Gasteiger partial charge in [-0.2, -0.15) is 0 Å². The van der Waals surface area contributed by atoms with Crippen LogP contribution in [0.2, 0.25) is 0 Å².